The summed E-state index contributed by atoms with van der Waals surface area (Å²) >= 11 is 0. The van der Waals surface area contributed by atoms with Crippen LogP contribution in [0.2, 0.25) is 0 Å². The molecule has 2 atom stereocenters. The van der Waals surface area contributed by atoms with Crippen LogP contribution in [-0.4, -0.2) is 39.7 Å². The molecule has 6 heteroatoms. The average molecular weight is 316 g/mol. The van der Waals surface area contributed by atoms with Gasteiger partial charge in [0.25, 0.3) is 0 Å². The Bertz CT molecular complexity index is 529. The Morgan fingerprint density at radius 1 is 1.24 bits per heavy atom. The third kappa shape index (κ3) is 6.11. The Morgan fingerprint density at radius 2 is 1.81 bits per heavy atom. The fourth-order valence-electron chi connectivity index (χ4n) is 2.04. The van der Waals surface area contributed by atoms with Gasteiger partial charge in [-0.3, -0.25) is 0 Å². The highest BCUT2D eigenvalue weighted by atomic mass is 32.2. The molecule has 0 heterocycles. The predicted molar refractivity (Wildman–Crippen MR) is 84.1 cm³/mol. The Hall–Kier alpha value is -0.980. The minimum absolute atomic E-state index is 0.127. The van der Waals surface area contributed by atoms with Gasteiger partial charge in [-0.2, -0.15) is 0 Å². The third-order valence-electron chi connectivity index (χ3n) is 3.58. The normalized spacial score (nSPS) is 15.1. The lowest BCUT2D eigenvalue weighted by Crippen LogP contribution is -2.36. The lowest BCUT2D eigenvalue weighted by atomic mass is 10.1. The van der Waals surface area contributed by atoms with E-state index in [1.807, 2.05) is 32.8 Å². The summed E-state index contributed by atoms with van der Waals surface area (Å²) in [5, 5.41) is 0. The molecule has 0 radical (unpaired) electrons. The molecule has 1 rings (SSSR count). The van der Waals surface area contributed by atoms with Crippen molar-refractivity contribution in [2.45, 2.75) is 26.3 Å². The van der Waals surface area contributed by atoms with Crippen molar-refractivity contribution < 1.29 is 12.8 Å². The molecule has 0 aliphatic heterocycles. The molecule has 1 aromatic carbocycles. The molecule has 0 amide bonds. The van der Waals surface area contributed by atoms with E-state index in [9.17, 15) is 12.8 Å². The molecule has 0 spiro atoms. The number of nitrogens with zero attached hydrogens (tertiary/aromatic N) is 1. The molecule has 4 nitrogen and oxygen atoms in total. The summed E-state index contributed by atoms with van der Waals surface area (Å²) in [4.78, 5) is 1.92. The van der Waals surface area contributed by atoms with Crippen LogP contribution in [0.4, 0.5) is 4.39 Å². The number of hydrogen-bond donors (Lipinski definition) is 1. The first-order valence-electron chi connectivity index (χ1n) is 7.14. The number of hydrogen-bond acceptors (Lipinski definition) is 3. The van der Waals surface area contributed by atoms with Gasteiger partial charge in [0, 0.05) is 12.6 Å². The molecule has 0 bridgehead atoms. The van der Waals surface area contributed by atoms with Crippen molar-refractivity contribution in [3.05, 3.63) is 35.6 Å². The van der Waals surface area contributed by atoms with Crippen LogP contribution in [0.15, 0.2) is 24.3 Å². The van der Waals surface area contributed by atoms with E-state index in [1.54, 1.807) is 12.1 Å². The Kier molecular flexibility index (Phi) is 6.77. The largest absolute Gasteiger partial charge is 0.301 e. The van der Waals surface area contributed by atoms with Crippen LogP contribution in [0.1, 0.15) is 31.9 Å². The summed E-state index contributed by atoms with van der Waals surface area (Å²) in [6.07, 6.45) is 0.829. The molecule has 0 aliphatic rings. The molecular formula is C15H25FN2O2S. The minimum Gasteiger partial charge on any atom is -0.301 e. The Morgan fingerprint density at radius 3 is 2.29 bits per heavy atom. The predicted octanol–water partition coefficient (Wildman–Crippen LogP) is 2.39. The second-order valence-corrected chi connectivity index (χ2v) is 7.53. The van der Waals surface area contributed by atoms with Crippen LogP contribution in [0.3, 0.4) is 0 Å². The number of nitrogens with one attached hydrogen (secondary N) is 1. The van der Waals surface area contributed by atoms with E-state index in [0.29, 0.717) is 0 Å². The molecule has 0 aromatic heterocycles. The van der Waals surface area contributed by atoms with E-state index < -0.39 is 10.0 Å². The molecule has 0 aliphatic carbocycles. The number of sulfonamides is 1. The highest BCUT2D eigenvalue weighted by Crippen LogP contribution is 2.18. The summed E-state index contributed by atoms with van der Waals surface area (Å²) in [7, 11) is 0.456. The number of benzene rings is 1. The topological polar surface area (TPSA) is 49.4 Å². The van der Waals surface area contributed by atoms with Gasteiger partial charge in [-0.1, -0.05) is 32.4 Å². The van der Waals surface area contributed by atoms with Crippen molar-refractivity contribution in [3.63, 3.8) is 0 Å². The summed E-state index contributed by atoms with van der Waals surface area (Å²) < 4.78 is 39.7. The van der Waals surface area contributed by atoms with Crippen molar-refractivity contribution in [1.29, 1.82) is 0 Å². The molecule has 1 aromatic rings. The highest BCUT2D eigenvalue weighted by Gasteiger charge is 2.19. The highest BCUT2D eigenvalue weighted by molar-refractivity contribution is 7.89. The maximum atomic E-state index is 13.0. The van der Waals surface area contributed by atoms with Crippen LogP contribution < -0.4 is 4.72 Å². The van der Waals surface area contributed by atoms with Gasteiger partial charge in [0.15, 0.2) is 0 Å². The van der Waals surface area contributed by atoms with Gasteiger partial charge >= 0.3 is 0 Å². The first-order valence-corrected chi connectivity index (χ1v) is 8.79. The lowest BCUT2D eigenvalue weighted by molar-refractivity contribution is 0.299. The molecule has 0 fully saturated rings. The van der Waals surface area contributed by atoms with Crippen LogP contribution in [-0.2, 0) is 10.0 Å². The second kappa shape index (κ2) is 7.87. The monoisotopic (exact) mass is 316 g/mol. The smallest absolute Gasteiger partial charge is 0.211 e. The van der Waals surface area contributed by atoms with Gasteiger partial charge in [0.05, 0.1) is 5.75 Å². The SMILES string of the molecule is CC[C@@H](C)CS(=O)(=O)NC[C@H](c1ccc(F)cc1)N(C)C. The third-order valence-corrected chi connectivity index (χ3v) is 5.19. The zero-order valence-corrected chi connectivity index (χ0v) is 14.0. The van der Waals surface area contributed by atoms with Gasteiger partial charge < -0.3 is 4.90 Å². The molecule has 0 unspecified atom stereocenters. The van der Waals surface area contributed by atoms with E-state index in [0.717, 1.165) is 12.0 Å². The minimum atomic E-state index is -3.29. The number of rotatable bonds is 8. The van der Waals surface area contributed by atoms with Crippen LogP contribution in [0.5, 0.6) is 0 Å². The van der Waals surface area contributed by atoms with Gasteiger partial charge in [0.1, 0.15) is 5.82 Å². The lowest BCUT2D eigenvalue weighted by Gasteiger charge is -2.25. The molecular weight excluding hydrogens is 291 g/mol. The fourth-order valence-corrected chi connectivity index (χ4v) is 3.56. The van der Waals surface area contributed by atoms with Crippen molar-refractivity contribution in [1.82, 2.24) is 9.62 Å². The standard InChI is InChI=1S/C15H25FN2O2S/c1-5-12(2)11-21(19,20)17-10-15(18(3)4)13-6-8-14(16)9-7-13/h6-9,12,15,17H,5,10-11H2,1-4H3/t12-,15-/m1/s1. The molecule has 1 N–H and O–H groups in total. The van der Waals surface area contributed by atoms with Crippen LogP contribution in [0, 0.1) is 11.7 Å². The van der Waals surface area contributed by atoms with Gasteiger partial charge in [-0.05, 0) is 37.7 Å². The van der Waals surface area contributed by atoms with Gasteiger partial charge in [-0.25, -0.2) is 17.5 Å². The van der Waals surface area contributed by atoms with Gasteiger partial charge in [0.2, 0.25) is 10.0 Å². The summed E-state index contributed by atoms with van der Waals surface area (Å²) in [6, 6.07) is 6.02. The summed E-state index contributed by atoms with van der Waals surface area (Å²) in [5.41, 5.74) is 0.882. The first kappa shape index (κ1) is 18.1. The second-order valence-electron chi connectivity index (χ2n) is 5.67. The van der Waals surface area contributed by atoms with Crippen LogP contribution >= 0.6 is 0 Å². The van der Waals surface area contributed by atoms with E-state index in [4.69, 9.17) is 0 Å². The zero-order valence-electron chi connectivity index (χ0n) is 13.1. The maximum absolute atomic E-state index is 13.0. The Labute approximate surface area is 127 Å². The molecule has 0 saturated carbocycles. The van der Waals surface area contributed by atoms with Crippen molar-refractivity contribution in [2.24, 2.45) is 5.92 Å². The van der Waals surface area contributed by atoms with E-state index >= 15 is 0 Å². The van der Waals surface area contributed by atoms with E-state index in [1.165, 1.54) is 12.1 Å². The fraction of sp³-hybridized carbons (Fsp3) is 0.600. The number of halogens is 1. The Balaban J connectivity index is 2.74. The van der Waals surface area contributed by atoms with Crippen LogP contribution in [0.25, 0.3) is 0 Å². The average Bonchev–Trinajstić information content (AvgIpc) is 2.39. The summed E-state index contributed by atoms with van der Waals surface area (Å²) in [6.45, 7) is 4.17. The molecule has 0 saturated heterocycles. The number of likely N-dealkylation sites (N-methyl/N-ethyl adjacent to an activating group) is 1. The maximum Gasteiger partial charge on any atom is 0.211 e. The first-order chi connectivity index (χ1) is 9.75. The van der Waals surface area contributed by atoms with E-state index in [-0.39, 0.29) is 30.1 Å². The molecule has 120 valence electrons. The summed E-state index contributed by atoms with van der Waals surface area (Å²) in [5.74, 6) is -0.0349. The zero-order chi connectivity index (χ0) is 16.0. The van der Waals surface area contributed by atoms with E-state index in [2.05, 4.69) is 4.72 Å². The van der Waals surface area contributed by atoms with Crippen molar-refractivity contribution in [3.8, 4) is 0 Å². The van der Waals surface area contributed by atoms with Gasteiger partial charge in [-0.15, -0.1) is 0 Å². The molecule has 21 heavy (non-hydrogen) atoms. The van der Waals surface area contributed by atoms with Crippen molar-refractivity contribution >= 4 is 10.0 Å². The van der Waals surface area contributed by atoms with Crippen molar-refractivity contribution in [2.75, 3.05) is 26.4 Å². The quantitative estimate of drug-likeness (QED) is 0.801.